The second kappa shape index (κ2) is 9.00. The lowest BCUT2D eigenvalue weighted by molar-refractivity contribution is -0.136. The summed E-state index contributed by atoms with van der Waals surface area (Å²) in [5, 5.41) is 4.88. The van der Waals surface area contributed by atoms with Gasteiger partial charge in [-0.3, -0.25) is 9.59 Å². The first-order chi connectivity index (χ1) is 13.9. The van der Waals surface area contributed by atoms with Gasteiger partial charge < -0.3 is 20.3 Å². The highest BCUT2D eigenvalue weighted by atomic mass is 19.2. The standard InChI is InChI=1S/C21H23F2N3O3/c1-13-12-29-11-10-26(13)16-8-6-15(7-9-16)25-21(28)20(27)24-14(2)17-4-3-5-18(22)19(17)23/h3-9,13-14H,10-12H2,1-2H3,(H,24,27)(H,25,28). The van der Waals surface area contributed by atoms with Crippen LogP contribution in [-0.4, -0.2) is 37.6 Å². The summed E-state index contributed by atoms with van der Waals surface area (Å²) >= 11 is 0. The lowest BCUT2D eigenvalue weighted by Gasteiger charge is -2.35. The first-order valence-electron chi connectivity index (χ1n) is 9.37. The van der Waals surface area contributed by atoms with Crippen LogP contribution in [0.2, 0.25) is 0 Å². The van der Waals surface area contributed by atoms with Gasteiger partial charge in [-0.25, -0.2) is 8.78 Å². The van der Waals surface area contributed by atoms with E-state index in [2.05, 4.69) is 22.5 Å². The van der Waals surface area contributed by atoms with Gasteiger partial charge in [-0.2, -0.15) is 0 Å². The molecule has 2 unspecified atom stereocenters. The molecule has 0 bridgehead atoms. The molecule has 29 heavy (non-hydrogen) atoms. The Hall–Kier alpha value is -3.00. The van der Waals surface area contributed by atoms with Gasteiger partial charge in [0, 0.05) is 29.5 Å². The molecule has 2 amide bonds. The highest BCUT2D eigenvalue weighted by molar-refractivity contribution is 6.39. The van der Waals surface area contributed by atoms with Crippen LogP contribution in [0, 0.1) is 11.6 Å². The number of hydrogen-bond acceptors (Lipinski definition) is 4. The summed E-state index contributed by atoms with van der Waals surface area (Å²) in [6, 6.07) is 10.2. The molecule has 1 aliphatic heterocycles. The van der Waals surface area contributed by atoms with Crippen LogP contribution >= 0.6 is 0 Å². The van der Waals surface area contributed by atoms with Gasteiger partial charge in [0.2, 0.25) is 0 Å². The number of ether oxygens (including phenoxy) is 1. The molecular weight excluding hydrogens is 380 g/mol. The monoisotopic (exact) mass is 403 g/mol. The topological polar surface area (TPSA) is 70.7 Å². The number of carbonyl (C=O) groups excluding carboxylic acids is 2. The minimum Gasteiger partial charge on any atom is -0.377 e. The van der Waals surface area contributed by atoms with E-state index in [1.54, 1.807) is 12.1 Å². The van der Waals surface area contributed by atoms with Gasteiger partial charge >= 0.3 is 11.8 Å². The van der Waals surface area contributed by atoms with Crippen molar-refractivity contribution in [1.29, 1.82) is 0 Å². The third-order valence-corrected chi connectivity index (χ3v) is 4.83. The van der Waals surface area contributed by atoms with E-state index < -0.39 is 29.5 Å². The fraction of sp³-hybridized carbons (Fsp3) is 0.333. The van der Waals surface area contributed by atoms with Crippen LogP contribution in [0.15, 0.2) is 42.5 Å². The second-order valence-corrected chi connectivity index (χ2v) is 6.96. The quantitative estimate of drug-likeness (QED) is 0.770. The molecule has 1 saturated heterocycles. The zero-order chi connectivity index (χ0) is 21.0. The van der Waals surface area contributed by atoms with Crippen LogP contribution in [0.25, 0.3) is 0 Å². The van der Waals surface area contributed by atoms with E-state index in [1.807, 2.05) is 12.1 Å². The van der Waals surface area contributed by atoms with Crippen LogP contribution < -0.4 is 15.5 Å². The van der Waals surface area contributed by atoms with Gasteiger partial charge in [0.25, 0.3) is 0 Å². The molecule has 2 aromatic rings. The first kappa shape index (κ1) is 20.7. The number of nitrogens with one attached hydrogen (secondary N) is 2. The van der Waals surface area contributed by atoms with Crippen molar-refractivity contribution < 1.29 is 23.1 Å². The number of rotatable bonds is 4. The Morgan fingerprint density at radius 3 is 2.55 bits per heavy atom. The van der Waals surface area contributed by atoms with Crippen molar-refractivity contribution in [1.82, 2.24) is 5.32 Å². The van der Waals surface area contributed by atoms with Crippen LogP contribution in [0.5, 0.6) is 0 Å². The van der Waals surface area contributed by atoms with Crippen molar-refractivity contribution in [3.63, 3.8) is 0 Å². The first-order valence-corrected chi connectivity index (χ1v) is 9.37. The predicted molar refractivity (Wildman–Crippen MR) is 106 cm³/mol. The predicted octanol–water partition coefficient (Wildman–Crippen LogP) is 3.01. The molecular formula is C21H23F2N3O3. The Kier molecular flexibility index (Phi) is 6.43. The van der Waals surface area contributed by atoms with Crippen molar-refractivity contribution in [2.24, 2.45) is 0 Å². The van der Waals surface area contributed by atoms with E-state index in [1.165, 1.54) is 19.1 Å². The fourth-order valence-corrected chi connectivity index (χ4v) is 3.23. The Bertz CT molecular complexity index is 889. The average Bonchev–Trinajstić information content (AvgIpc) is 2.71. The van der Waals surface area contributed by atoms with Crippen molar-refractivity contribution in [3.8, 4) is 0 Å². The lowest BCUT2D eigenvalue weighted by Crippen LogP contribution is -2.43. The SMILES string of the molecule is CC(NC(=O)C(=O)Nc1ccc(N2CCOCC2C)cc1)c1cccc(F)c1F. The maximum absolute atomic E-state index is 13.8. The Balaban J connectivity index is 1.59. The summed E-state index contributed by atoms with van der Waals surface area (Å²) < 4.78 is 32.6. The summed E-state index contributed by atoms with van der Waals surface area (Å²) in [6.45, 7) is 5.64. The third kappa shape index (κ3) is 4.89. The number of benzene rings is 2. The average molecular weight is 403 g/mol. The van der Waals surface area contributed by atoms with Crippen LogP contribution in [-0.2, 0) is 14.3 Å². The Morgan fingerprint density at radius 2 is 1.86 bits per heavy atom. The molecule has 1 aliphatic rings. The Labute approximate surface area is 167 Å². The molecule has 6 nitrogen and oxygen atoms in total. The number of hydrogen-bond donors (Lipinski definition) is 2. The molecule has 0 spiro atoms. The van der Waals surface area contributed by atoms with Crippen LogP contribution in [0.3, 0.4) is 0 Å². The summed E-state index contributed by atoms with van der Waals surface area (Å²) in [5.74, 6) is -3.88. The van der Waals surface area contributed by atoms with E-state index in [9.17, 15) is 18.4 Å². The van der Waals surface area contributed by atoms with Gasteiger partial charge in [0.05, 0.1) is 19.3 Å². The third-order valence-electron chi connectivity index (χ3n) is 4.83. The number of halogens is 2. The highest BCUT2D eigenvalue weighted by Crippen LogP contribution is 2.22. The summed E-state index contributed by atoms with van der Waals surface area (Å²) in [7, 11) is 0. The smallest absolute Gasteiger partial charge is 0.313 e. The normalized spacial score (nSPS) is 17.5. The molecule has 2 atom stereocenters. The Morgan fingerprint density at radius 1 is 1.14 bits per heavy atom. The van der Waals surface area contributed by atoms with E-state index in [-0.39, 0.29) is 11.6 Å². The van der Waals surface area contributed by atoms with E-state index in [0.29, 0.717) is 18.9 Å². The molecule has 0 radical (unpaired) electrons. The maximum Gasteiger partial charge on any atom is 0.313 e. The molecule has 2 aromatic carbocycles. The molecule has 8 heteroatoms. The maximum atomic E-state index is 13.8. The van der Waals surface area contributed by atoms with Gasteiger partial charge in [0.1, 0.15) is 0 Å². The van der Waals surface area contributed by atoms with Gasteiger partial charge in [-0.15, -0.1) is 0 Å². The molecule has 1 fully saturated rings. The molecule has 0 aliphatic carbocycles. The zero-order valence-corrected chi connectivity index (χ0v) is 16.2. The van der Waals surface area contributed by atoms with Gasteiger partial charge in [-0.05, 0) is 44.2 Å². The molecule has 0 aromatic heterocycles. The van der Waals surface area contributed by atoms with Gasteiger partial charge in [0.15, 0.2) is 11.6 Å². The highest BCUT2D eigenvalue weighted by Gasteiger charge is 2.21. The lowest BCUT2D eigenvalue weighted by atomic mass is 10.1. The van der Waals surface area contributed by atoms with Crippen LogP contribution in [0.1, 0.15) is 25.5 Å². The van der Waals surface area contributed by atoms with E-state index >= 15 is 0 Å². The second-order valence-electron chi connectivity index (χ2n) is 6.96. The summed E-state index contributed by atoms with van der Waals surface area (Å²) in [6.07, 6.45) is 0. The minimum absolute atomic E-state index is 0.0323. The summed E-state index contributed by atoms with van der Waals surface area (Å²) in [5.41, 5.74) is 1.42. The number of morpholine rings is 1. The van der Waals surface area contributed by atoms with Crippen molar-refractivity contribution >= 4 is 23.2 Å². The fourth-order valence-electron chi connectivity index (χ4n) is 3.23. The largest absolute Gasteiger partial charge is 0.377 e. The van der Waals surface area contributed by atoms with E-state index in [4.69, 9.17) is 4.74 Å². The van der Waals surface area contributed by atoms with Crippen molar-refractivity contribution in [2.75, 3.05) is 30.0 Å². The number of anilines is 2. The molecule has 1 heterocycles. The van der Waals surface area contributed by atoms with Gasteiger partial charge in [-0.1, -0.05) is 12.1 Å². The number of amides is 2. The molecule has 3 rings (SSSR count). The minimum atomic E-state index is -1.05. The molecule has 154 valence electrons. The molecule has 2 N–H and O–H groups in total. The summed E-state index contributed by atoms with van der Waals surface area (Å²) in [4.78, 5) is 26.5. The molecule has 0 saturated carbocycles. The van der Waals surface area contributed by atoms with Crippen LogP contribution in [0.4, 0.5) is 20.2 Å². The number of nitrogens with zero attached hydrogens (tertiary/aromatic N) is 1. The van der Waals surface area contributed by atoms with Crippen molar-refractivity contribution in [3.05, 3.63) is 59.7 Å². The zero-order valence-electron chi connectivity index (χ0n) is 16.2. The number of carbonyl (C=O) groups is 2. The van der Waals surface area contributed by atoms with Crippen molar-refractivity contribution in [2.45, 2.75) is 25.9 Å². The van der Waals surface area contributed by atoms with E-state index in [0.717, 1.165) is 18.3 Å².